The molecule has 0 aromatic carbocycles. The number of hydrogen-bond donors (Lipinski definition) is 2. The molecular formula is C9H22N2OSi. The molecule has 0 fully saturated rings. The highest BCUT2D eigenvalue weighted by Crippen LogP contribution is 2.15. The number of amidine groups is 1. The van der Waals surface area contributed by atoms with E-state index in [2.05, 4.69) is 13.1 Å². The molecule has 0 aromatic rings. The maximum Gasteiger partial charge on any atom is 0.186 e. The van der Waals surface area contributed by atoms with Gasteiger partial charge < -0.3 is 10.2 Å². The van der Waals surface area contributed by atoms with Gasteiger partial charge in [0.1, 0.15) is 0 Å². The minimum atomic E-state index is -1.39. The van der Waals surface area contributed by atoms with Gasteiger partial charge in [0.15, 0.2) is 8.32 Å². The normalized spacial score (nSPS) is 11.6. The summed E-state index contributed by atoms with van der Waals surface area (Å²) in [5, 5.41) is 7.07. The molecule has 0 saturated carbocycles. The average Bonchev–Trinajstić information content (AvgIpc) is 1.98. The van der Waals surface area contributed by atoms with Gasteiger partial charge in [0, 0.05) is 13.0 Å². The van der Waals surface area contributed by atoms with Crippen LogP contribution in [0, 0.1) is 5.41 Å². The fourth-order valence-electron chi connectivity index (χ4n) is 1.33. The molecule has 0 aliphatic carbocycles. The quantitative estimate of drug-likeness (QED) is 0.288. The van der Waals surface area contributed by atoms with Crippen LogP contribution < -0.4 is 5.73 Å². The highest BCUT2D eigenvalue weighted by molar-refractivity contribution is 6.71. The number of rotatable bonds is 7. The van der Waals surface area contributed by atoms with E-state index in [0.29, 0.717) is 5.84 Å². The van der Waals surface area contributed by atoms with Crippen LogP contribution in [0.2, 0.25) is 19.1 Å². The molecule has 0 saturated heterocycles. The molecule has 0 aromatic heterocycles. The molecule has 13 heavy (non-hydrogen) atoms. The van der Waals surface area contributed by atoms with Gasteiger partial charge in [0.25, 0.3) is 0 Å². The van der Waals surface area contributed by atoms with Gasteiger partial charge in [0.05, 0.1) is 5.84 Å². The Balaban J connectivity index is 3.45. The second-order valence-electron chi connectivity index (χ2n) is 3.93. The van der Waals surface area contributed by atoms with E-state index in [1.54, 1.807) is 0 Å². The van der Waals surface area contributed by atoms with Gasteiger partial charge in [-0.2, -0.15) is 0 Å². The second kappa shape index (κ2) is 6.15. The van der Waals surface area contributed by atoms with Crippen LogP contribution >= 0.6 is 0 Å². The number of unbranched alkanes of at least 4 members (excludes halogenated alkanes) is 1. The summed E-state index contributed by atoms with van der Waals surface area (Å²) in [6.07, 6.45) is 2.90. The Morgan fingerprint density at radius 3 is 2.46 bits per heavy atom. The predicted octanol–water partition coefficient (Wildman–Crippen LogP) is 2.33. The van der Waals surface area contributed by atoms with Crippen LogP contribution in [0.1, 0.15) is 26.2 Å². The van der Waals surface area contributed by atoms with Crippen molar-refractivity contribution in [3.05, 3.63) is 0 Å². The molecule has 0 aliphatic rings. The maximum atomic E-state index is 7.07. The average molecular weight is 202 g/mol. The lowest BCUT2D eigenvalue weighted by molar-refractivity contribution is 0.328. The summed E-state index contributed by atoms with van der Waals surface area (Å²) in [6, 6.07) is 1.17. The maximum absolute atomic E-state index is 7.07. The topological polar surface area (TPSA) is 59.1 Å². The van der Waals surface area contributed by atoms with Crippen LogP contribution in [0.3, 0.4) is 0 Å². The van der Waals surface area contributed by atoms with E-state index in [0.717, 1.165) is 25.9 Å². The van der Waals surface area contributed by atoms with Gasteiger partial charge >= 0.3 is 0 Å². The van der Waals surface area contributed by atoms with Gasteiger partial charge in [-0.1, -0.05) is 6.42 Å². The monoisotopic (exact) mass is 202 g/mol. The summed E-state index contributed by atoms with van der Waals surface area (Å²) in [4.78, 5) is 0. The van der Waals surface area contributed by atoms with E-state index in [9.17, 15) is 0 Å². The van der Waals surface area contributed by atoms with Crippen LogP contribution in [0.5, 0.6) is 0 Å². The molecule has 0 radical (unpaired) electrons. The molecule has 0 aliphatic heterocycles. The summed E-state index contributed by atoms with van der Waals surface area (Å²) in [5.74, 6) is 0.302. The Hall–Kier alpha value is -0.353. The van der Waals surface area contributed by atoms with Crippen molar-refractivity contribution in [2.75, 3.05) is 6.61 Å². The molecule has 4 heteroatoms. The SMILES string of the molecule is CCO[Si](C)(C)CCCCC(=N)N. The third kappa shape index (κ3) is 7.99. The van der Waals surface area contributed by atoms with Crippen LogP contribution in [0.4, 0.5) is 0 Å². The first-order valence-corrected chi connectivity index (χ1v) is 8.06. The zero-order valence-corrected chi connectivity index (χ0v) is 10.0. The third-order valence-electron chi connectivity index (χ3n) is 2.01. The molecule has 0 rings (SSSR count). The van der Waals surface area contributed by atoms with Gasteiger partial charge in [-0.25, -0.2) is 0 Å². The Morgan fingerprint density at radius 1 is 1.38 bits per heavy atom. The van der Waals surface area contributed by atoms with Crippen molar-refractivity contribution in [2.45, 2.75) is 45.3 Å². The minimum absolute atomic E-state index is 0.302. The first-order chi connectivity index (χ1) is 5.98. The van der Waals surface area contributed by atoms with E-state index < -0.39 is 8.32 Å². The molecular weight excluding hydrogens is 180 g/mol. The Morgan fingerprint density at radius 2 is 2.00 bits per heavy atom. The molecule has 0 amide bonds. The Kier molecular flexibility index (Phi) is 5.99. The first kappa shape index (κ1) is 12.6. The summed E-state index contributed by atoms with van der Waals surface area (Å²) in [5.41, 5.74) is 5.26. The molecule has 3 nitrogen and oxygen atoms in total. The molecule has 0 unspecified atom stereocenters. The minimum Gasteiger partial charge on any atom is -0.418 e. The Labute approximate surface area is 82.3 Å². The van der Waals surface area contributed by atoms with Crippen LogP contribution in [0.15, 0.2) is 0 Å². The molecule has 0 bridgehead atoms. The van der Waals surface area contributed by atoms with Crippen molar-refractivity contribution < 1.29 is 4.43 Å². The number of nitrogens with two attached hydrogens (primary N) is 1. The van der Waals surface area contributed by atoms with Crippen molar-refractivity contribution in [3.8, 4) is 0 Å². The lowest BCUT2D eigenvalue weighted by Crippen LogP contribution is -2.29. The van der Waals surface area contributed by atoms with Crippen molar-refractivity contribution in [2.24, 2.45) is 5.73 Å². The zero-order valence-electron chi connectivity index (χ0n) is 9.02. The van der Waals surface area contributed by atoms with E-state index in [4.69, 9.17) is 15.6 Å². The second-order valence-corrected chi connectivity index (χ2v) is 8.23. The number of hydrogen-bond acceptors (Lipinski definition) is 2. The van der Waals surface area contributed by atoms with Gasteiger partial charge in [-0.3, -0.25) is 5.41 Å². The summed E-state index contributed by atoms with van der Waals surface area (Å²) in [7, 11) is -1.39. The van der Waals surface area contributed by atoms with E-state index in [1.165, 1.54) is 6.04 Å². The smallest absolute Gasteiger partial charge is 0.186 e. The van der Waals surface area contributed by atoms with Gasteiger partial charge in [-0.15, -0.1) is 0 Å². The predicted molar refractivity (Wildman–Crippen MR) is 59.7 cm³/mol. The third-order valence-corrected chi connectivity index (χ3v) is 4.64. The first-order valence-electron chi connectivity index (χ1n) is 4.95. The van der Waals surface area contributed by atoms with Gasteiger partial charge in [0.2, 0.25) is 0 Å². The highest BCUT2D eigenvalue weighted by Gasteiger charge is 2.20. The standard InChI is InChI=1S/C9H22N2OSi/c1-4-12-13(2,3)8-6-5-7-9(10)11/h4-8H2,1-3H3,(H3,10,11). The summed E-state index contributed by atoms with van der Waals surface area (Å²) >= 11 is 0. The Bertz CT molecular complexity index is 160. The van der Waals surface area contributed by atoms with E-state index in [-0.39, 0.29) is 0 Å². The lowest BCUT2D eigenvalue weighted by atomic mass is 10.2. The molecule has 0 spiro atoms. The van der Waals surface area contributed by atoms with Crippen molar-refractivity contribution in [3.63, 3.8) is 0 Å². The van der Waals surface area contributed by atoms with Crippen LogP contribution in [-0.4, -0.2) is 20.8 Å². The van der Waals surface area contributed by atoms with E-state index in [1.807, 2.05) is 6.92 Å². The molecule has 3 N–H and O–H groups in total. The van der Waals surface area contributed by atoms with Crippen LogP contribution in [0.25, 0.3) is 0 Å². The van der Waals surface area contributed by atoms with Crippen LogP contribution in [-0.2, 0) is 4.43 Å². The summed E-state index contributed by atoms with van der Waals surface area (Å²) in [6.45, 7) is 7.35. The summed E-state index contributed by atoms with van der Waals surface area (Å²) < 4.78 is 5.69. The van der Waals surface area contributed by atoms with Crippen molar-refractivity contribution >= 4 is 14.2 Å². The molecule has 0 heterocycles. The molecule has 78 valence electrons. The van der Waals surface area contributed by atoms with Crippen molar-refractivity contribution in [1.29, 1.82) is 5.41 Å². The highest BCUT2D eigenvalue weighted by atomic mass is 28.4. The lowest BCUT2D eigenvalue weighted by Gasteiger charge is -2.21. The van der Waals surface area contributed by atoms with Gasteiger partial charge in [-0.05, 0) is 32.5 Å². The fourth-order valence-corrected chi connectivity index (χ4v) is 3.36. The zero-order chi connectivity index (χ0) is 10.3. The molecule has 0 atom stereocenters. The van der Waals surface area contributed by atoms with E-state index >= 15 is 0 Å². The number of nitrogens with one attached hydrogen (secondary N) is 1. The fraction of sp³-hybridized carbons (Fsp3) is 0.889. The van der Waals surface area contributed by atoms with Crippen molar-refractivity contribution in [1.82, 2.24) is 0 Å². The largest absolute Gasteiger partial charge is 0.418 e.